The van der Waals surface area contributed by atoms with E-state index in [0.717, 1.165) is 0 Å². The van der Waals surface area contributed by atoms with Crippen molar-refractivity contribution in [2.75, 3.05) is 19.6 Å². The normalized spacial score (nSPS) is 16.5. The summed E-state index contributed by atoms with van der Waals surface area (Å²) in [6, 6.07) is 10.2. The number of pyridine rings is 1. The van der Waals surface area contributed by atoms with Crippen LogP contribution < -0.4 is 0 Å². The lowest BCUT2D eigenvalue weighted by molar-refractivity contribution is -0.130. The van der Waals surface area contributed by atoms with Gasteiger partial charge in [0, 0.05) is 49.2 Å². The van der Waals surface area contributed by atoms with E-state index in [2.05, 4.69) is 9.97 Å². The predicted octanol–water partition coefficient (Wildman–Crippen LogP) is 1.93. The zero-order chi connectivity index (χ0) is 21.3. The smallest absolute Gasteiger partial charge is 0.295 e. The number of Topliss-reactive ketones (excluding diaryl/α,β-unsaturated/α-hetero) is 1. The summed E-state index contributed by atoms with van der Waals surface area (Å²) >= 11 is 0. The number of H-pyrrole nitrogens is 1. The average Bonchev–Trinajstić information content (AvgIpc) is 3.22. The van der Waals surface area contributed by atoms with Crippen molar-refractivity contribution in [3.8, 4) is 0 Å². The second-order valence-electron chi connectivity index (χ2n) is 7.24. The fourth-order valence-corrected chi connectivity index (χ4v) is 3.77. The van der Waals surface area contributed by atoms with Crippen molar-refractivity contribution in [1.82, 2.24) is 19.8 Å². The Morgan fingerprint density at radius 3 is 2.60 bits per heavy atom. The van der Waals surface area contributed by atoms with E-state index in [1.807, 2.05) is 13.0 Å². The number of nitrogens with zero attached hydrogens (tertiary/aromatic N) is 3. The topological polar surface area (TPSA) is 103 Å². The number of fused-ring (bicyclic) bond motifs is 1. The lowest BCUT2D eigenvalue weighted by atomic mass is 10.1. The molecule has 0 saturated carbocycles. The average molecular weight is 404 g/mol. The molecule has 8 nitrogen and oxygen atoms in total. The minimum absolute atomic E-state index is 0.0944. The molecule has 152 valence electrons. The van der Waals surface area contributed by atoms with E-state index in [1.165, 1.54) is 23.4 Å². The van der Waals surface area contributed by atoms with Gasteiger partial charge in [-0.1, -0.05) is 18.2 Å². The quantitative estimate of drug-likeness (QED) is 0.407. The van der Waals surface area contributed by atoms with Crippen molar-refractivity contribution in [2.45, 2.75) is 13.0 Å². The van der Waals surface area contributed by atoms with Gasteiger partial charge in [-0.15, -0.1) is 0 Å². The molecule has 0 spiro atoms. The molecule has 0 aliphatic carbocycles. The maximum Gasteiger partial charge on any atom is 0.295 e. The molecule has 0 radical (unpaired) electrons. The minimum atomic E-state index is -0.688. The first-order chi connectivity index (χ1) is 14.5. The number of rotatable bonds is 4. The number of hydrogen-bond donors (Lipinski definition) is 1. The zero-order valence-electron chi connectivity index (χ0n) is 16.4. The Labute approximate surface area is 172 Å². The molecule has 30 heavy (non-hydrogen) atoms. The highest BCUT2D eigenvalue weighted by atomic mass is 16.2. The molecule has 8 heteroatoms. The summed E-state index contributed by atoms with van der Waals surface area (Å²) in [5.74, 6) is -1.43. The minimum Gasteiger partial charge on any atom is -0.359 e. The van der Waals surface area contributed by atoms with Crippen molar-refractivity contribution in [3.05, 3.63) is 65.5 Å². The third-order valence-electron chi connectivity index (χ3n) is 5.36. The molecule has 2 aromatic heterocycles. The Morgan fingerprint density at radius 2 is 1.90 bits per heavy atom. The second kappa shape index (κ2) is 7.90. The SMILES string of the molecule is C[C@@H]1CN(C(=O)c2ccccc2)CCN1C(=O)C(=O)c1c[nH]c2c(C=O)ccnc12. The van der Waals surface area contributed by atoms with E-state index in [9.17, 15) is 19.2 Å². The van der Waals surface area contributed by atoms with Crippen LogP contribution in [0.15, 0.2) is 48.8 Å². The molecule has 0 unspecified atom stereocenters. The van der Waals surface area contributed by atoms with Crippen LogP contribution in [0, 0.1) is 0 Å². The van der Waals surface area contributed by atoms with Crippen molar-refractivity contribution in [2.24, 2.45) is 0 Å². The number of aromatic nitrogens is 2. The number of carbonyl (C=O) groups excluding carboxylic acids is 4. The first kappa shape index (κ1) is 19.5. The molecule has 1 aromatic carbocycles. The molecule has 2 amide bonds. The van der Waals surface area contributed by atoms with E-state index in [4.69, 9.17) is 0 Å². The molecule has 3 heterocycles. The van der Waals surface area contributed by atoms with Gasteiger partial charge in [0.1, 0.15) is 0 Å². The molecule has 1 saturated heterocycles. The van der Waals surface area contributed by atoms with Gasteiger partial charge in [0.05, 0.1) is 16.6 Å². The standard InChI is InChI=1S/C22H20N4O4/c1-14-12-25(21(29)15-5-3-2-4-6-15)9-10-26(14)22(30)20(28)17-11-24-18-16(13-27)7-8-23-19(17)18/h2-8,11,13-14,24H,9-10,12H2,1H3/t14-/m1/s1. The maximum absolute atomic E-state index is 12.9. The van der Waals surface area contributed by atoms with E-state index >= 15 is 0 Å². The van der Waals surface area contributed by atoms with Crippen molar-refractivity contribution < 1.29 is 19.2 Å². The fraction of sp³-hybridized carbons (Fsp3) is 0.227. The molecule has 4 rings (SSSR count). The van der Waals surface area contributed by atoms with Crippen LogP contribution in [-0.4, -0.2) is 69.3 Å². The van der Waals surface area contributed by atoms with Crippen LogP contribution in [0.5, 0.6) is 0 Å². The van der Waals surface area contributed by atoms with Crippen LogP contribution in [0.1, 0.15) is 38.0 Å². The molecule has 1 fully saturated rings. The summed E-state index contributed by atoms with van der Waals surface area (Å²) in [4.78, 5) is 59.8. The van der Waals surface area contributed by atoms with Crippen molar-refractivity contribution >= 4 is 34.9 Å². The summed E-state index contributed by atoms with van der Waals surface area (Å²) in [5, 5.41) is 0. The largest absolute Gasteiger partial charge is 0.359 e. The molecule has 1 aliphatic rings. The van der Waals surface area contributed by atoms with Crippen LogP contribution in [-0.2, 0) is 4.79 Å². The number of piperazine rings is 1. The molecular weight excluding hydrogens is 384 g/mol. The number of carbonyl (C=O) groups is 4. The third-order valence-corrected chi connectivity index (χ3v) is 5.36. The summed E-state index contributed by atoms with van der Waals surface area (Å²) in [7, 11) is 0. The maximum atomic E-state index is 12.9. The first-order valence-corrected chi connectivity index (χ1v) is 9.62. The summed E-state index contributed by atoms with van der Waals surface area (Å²) in [5.41, 5.74) is 1.82. The van der Waals surface area contributed by atoms with Crippen LogP contribution in [0.4, 0.5) is 0 Å². The highest BCUT2D eigenvalue weighted by Gasteiger charge is 2.34. The lowest BCUT2D eigenvalue weighted by Crippen LogP contribution is -2.56. The van der Waals surface area contributed by atoms with Gasteiger partial charge in [0.15, 0.2) is 6.29 Å². The Morgan fingerprint density at radius 1 is 1.13 bits per heavy atom. The van der Waals surface area contributed by atoms with E-state index in [1.54, 1.807) is 29.2 Å². The molecular formula is C22H20N4O4. The van der Waals surface area contributed by atoms with Gasteiger partial charge in [0.25, 0.3) is 17.6 Å². The number of benzene rings is 1. The molecule has 1 N–H and O–H groups in total. The summed E-state index contributed by atoms with van der Waals surface area (Å²) < 4.78 is 0. The highest BCUT2D eigenvalue weighted by molar-refractivity contribution is 6.44. The number of hydrogen-bond acceptors (Lipinski definition) is 5. The van der Waals surface area contributed by atoms with Gasteiger partial charge in [-0.05, 0) is 25.1 Å². The molecule has 1 atom stereocenters. The Hall–Kier alpha value is -3.81. The van der Waals surface area contributed by atoms with Crippen molar-refractivity contribution in [3.63, 3.8) is 0 Å². The van der Waals surface area contributed by atoms with Gasteiger partial charge >= 0.3 is 0 Å². The Balaban J connectivity index is 1.50. The van der Waals surface area contributed by atoms with Crippen molar-refractivity contribution in [1.29, 1.82) is 0 Å². The van der Waals surface area contributed by atoms with Gasteiger partial charge in [-0.3, -0.25) is 24.2 Å². The van der Waals surface area contributed by atoms with Gasteiger partial charge < -0.3 is 14.8 Å². The van der Waals surface area contributed by atoms with Crippen LogP contribution in [0.2, 0.25) is 0 Å². The zero-order valence-corrected chi connectivity index (χ0v) is 16.4. The third kappa shape index (κ3) is 3.36. The van der Waals surface area contributed by atoms with Gasteiger partial charge in [0.2, 0.25) is 0 Å². The number of ketones is 1. The number of aldehydes is 1. The molecule has 0 bridgehead atoms. The highest BCUT2D eigenvalue weighted by Crippen LogP contribution is 2.21. The monoisotopic (exact) mass is 404 g/mol. The van der Waals surface area contributed by atoms with Crippen LogP contribution in [0.25, 0.3) is 11.0 Å². The first-order valence-electron chi connectivity index (χ1n) is 9.62. The van der Waals surface area contributed by atoms with Gasteiger partial charge in [-0.25, -0.2) is 0 Å². The summed E-state index contributed by atoms with van der Waals surface area (Å²) in [6.45, 7) is 2.76. The van der Waals surface area contributed by atoms with Crippen LogP contribution >= 0.6 is 0 Å². The van der Waals surface area contributed by atoms with E-state index in [-0.39, 0.29) is 24.1 Å². The summed E-state index contributed by atoms with van der Waals surface area (Å²) in [6.07, 6.45) is 3.50. The van der Waals surface area contributed by atoms with Crippen LogP contribution in [0.3, 0.4) is 0 Å². The number of amides is 2. The number of nitrogens with one attached hydrogen (secondary N) is 1. The van der Waals surface area contributed by atoms with E-state index in [0.29, 0.717) is 41.5 Å². The Bertz CT molecular complexity index is 1140. The lowest BCUT2D eigenvalue weighted by Gasteiger charge is -2.39. The van der Waals surface area contributed by atoms with Gasteiger partial charge in [-0.2, -0.15) is 0 Å². The number of aromatic amines is 1. The fourth-order valence-electron chi connectivity index (χ4n) is 3.77. The Kier molecular flexibility index (Phi) is 5.14. The molecule has 3 aromatic rings. The molecule has 1 aliphatic heterocycles. The predicted molar refractivity (Wildman–Crippen MR) is 109 cm³/mol. The second-order valence-corrected chi connectivity index (χ2v) is 7.24. The van der Waals surface area contributed by atoms with E-state index < -0.39 is 11.7 Å².